The molecule has 57 heavy (non-hydrogen) atoms. The molecular formula is C46H70N4O7. The van der Waals surface area contributed by atoms with Crippen molar-refractivity contribution in [2.45, 2.75) is 145 Å². The molecule has 9 atom stereocenters. The van der Waals surface area contributed by atoms with Crippen LogP contribution in [0.4, 0.5) is 0 Å². The van der Waals surface area contributed by atoms with E-state index in [0.29, 0.717) is 24.1 Å². The van der Waals surface area contributed by atoms with Crippen molar-refractivity contribution in [3.05, 3.63) is 35.4 Å². The molecule has 11 nitrogen and oxygen atoms in total. The standard InChI is InChI=1S/C46H70N4O7/c1-28(2)38-30(51)23-46(33(52)25-50(36(53)27-49(10)11)26-35-47-21-12-22-48-35)20-19-44(8)29(39(38)46)13-14-32-43(7)17-16-34(57-37(54)24-41(3,4)40(55)56)42(5,6)31(43)15-18-45(32,44)9/h12,21-22,28-29,31-34,52H,13-20,23-27H2,1-11H3,(H,55,56). The number of carbonyl (C=O) groups is 4. The van der Waals surface area contributed by atoms with Crippen LogP contribution in [-0.4, -0.2) is 93.0 Å². The van der Waals surface area contributed by atoms with Crippen molar-refractivity contribution >= 4 is 23.6 Å². The van der Waals surface area contributed by atoms with E-state index >= 15 is 0 Å². The number of nitrogens with zero attached hydrogens (tertiary/aromatic N) is 4. The van der Waals surface area contributed by atoms with E-state index in [-0.39, 0.29) is 83.8 Å². The number of likely N-dealkylation sites (N-methyl/N-ethyl adjacent to an activating group) is 1. The molecule has 9 unspecified atom stereocenters. The van der Waals surface area contributed by atoms with Gasteiger partial charge in [-0.15, -0.1) is 0 Å². The minimum absolute atomic E-state index is 0.00926. The largest absolute Gasteiger partial charge is 0.481 e. The lowest BCUT2D eigenvalue weighted by molar-refractivity contribution is -0.235. The maximum absolute atomic E-state index is 14.3. The van der Waals surface area contributed by atoms with Crippen LogP contribution in [0.25, 0.3) is 0 Å². The number of carbonyl (C=O) groups excluding carboxylic acids is 3. The average Bonchev–Trinajstić information content (AvgIpc) is 3.42. The van der Waals surface area contributed by atoms with Crippen molar-refractivity contribution < 1.29 is 34.1 Å². The molecule has 6 rings (SSSR count). The fourth-order valence-electron chi connectivity index (χ4n) is 13.5. The first-order valence-electron chi connectivity index (χ1n) is 21.5. The van der Waals surface area contributed by atoms with E-state index in [1.165, 1.54) is 5.57 Å². The van der Waals surface area contributed by atoms with Gasteiger partial charge in [-0.2, -0.15) is 0 Å². The molecule has 1 aromatic rings. The zero-order valence-corrected chi connectivity index (χ0v) is 36.6. The van der Waals surface area contributed by atoms with E-state index < -0.39 is 28.9 Å². The third-order valence-corrected chi connectivity index (χ3v) is 16.6. The molecular weight excluding hydrogens is 721 g/mol. The smallest absolute Gasteiger partial charge is 0.309 e. The van der Waals surface area contributed by atoms with Crippen LogP contribution in [0.3, 0.4) is 0 Å². The highest BCUT2D eigenvalue weighted by Gasteiger charge is 2.71. The molecule has 4 fully saturated rings. The van der Waals surface area contributed by atoms with Crippen LogP contribution in [0.15, 0.2) is 29.6 Å². The maximum atomic E-state index is 14.3. The van der Waals surface area contributed by atoms with Crippen LogP contribution < -0.4 is 0 Å². The zero-order chi connectivity index (χ0) is 42.1. The lowest BCUT2D eigenvalue weighted by Crippen LogP contribution is -2.66. The summed E-state index contributed by atoms with van der Waals surface area (Å²) < 4.78 is 6.17. The highest BCUT2D eigenvalue weighted by molar-refractivity contribution is 6.00. The number of amides is 1. The SMILES string of the molecule is CC(C)C1=C2C3CCC4C5(C)CCC(OC(=O)CC(C)(C)C(=O)O)C(C)(C)C5CCC4(C)C3(C)CCC2(C(O)CN(Cc2ncccn2)C(=O)CN(C)C)CC1=O. The molecule has 1 aromatic heterocycles. The van der Waals surface area contributed by atoms with Gasteiger partial charge in [0.2, 0.25) is 5.91 Å². The molecule has 0 radical (unpaired) electrons. The van der Waals surface area contributed by atoms with Crippen LogP contribution in [0, 0.1) is 56.2 Å². The topological polar surface area (TPSA) is 150 Å². The van der Waals surface area contributed by atoms with Crippen molar-refractivity contribution in [2.75, 3.05) is 27.2 Å². The lowest BCUT2D eigenvalue weighted by Gasteiger charge is -2.72. The predicted molar refractivity (Wildman–Crippen MR) is 217 cm³/mol. The van der Waals surface area contributed by atoms with Crippen LogP contribution >= 0.6 is 0 Å². The van der Waals surface area contributed by atoms with Gasteiger partial charge in [-0.3, -0.25) is 19.2 Å². The number of hydrogen-bond acceptors (Lipinski definition) is 9. The number of hydrogen-bond donors (Lipinski definition) is 2. The second-order valence-electron chi connectivity index (χ2n) is 21.2. The Morgan fingerprint density at radius 1 is 0.930 bits per heavy atom. The third-order valence-electron chi connectivity index (χ3n) is 16.6. The Morgan fingerprint density at radius 2 is 1.60 bits per heavy atom. The number of aliphatic carboxylic acids is 1. The molecule has 1 amide bonds. The third kappa shape index (κ3) is 7.18. The van der Waals surface area contributed by atoms with Gasteiger partial charge in [0.25, 0.3) is 0 Å². The molecule has 0 spiro atoms. The summed E-state index contributed by atoms with van der Waals surface area (Å²) in [4.78, 5) is 65.2. The molecule has 316 valence electrons. The highest BCUT2D eigenvalue weighted by Crippen LogP contribution is 2.77. The van der Waals surface area contributed by atoms with E-state index in [9.17, 15) is 29.4 Å². The van der Waals surface area contributed by atoms with Crippen molar-refractivity contribution in [3.63, 3.8) is 0 Å². The fraction of sp³-hybridized carbons (Fsp3) is 0.783. The van der Waals surface area contributed by atoms with Gasteiger partial charge in [0.05, 0.1) is 31.0 Å². The van der Waals surface area contributed by atoms with Crippen molar-refractivity contribution in [1.29, 1.82) is 0 Å². The number of esters is 1. The van der Waals surface area contributed by atoms with E-state index in [2.05, 4.69) is 58.4 Å². The summed E-state index contributed by atoms with van der Waals surface area (Å²) in [5, 5.41) is 22.2. The number of ether oxygens (including phenoxy) is 1. The molecule has 0 bridgehead atoms. The van der Waals surface area contributed by atoms with Crippen LogP contribution in [-0.2, 0) is 30.5 Å². The quantitative estimate of drug-likeness (QED) is 0.210. The number of Topliss-reactive ketones (excluding diaryl/α,β-unsaturated/α-hetero) is 1. The van der Waals surface area contributed by atoms with Crippen molar-refractivity contribution in [3.8, 4) is 0 Å². The van der Waals surface area contributed by atoms with Gasteiger partial charge in [-0.05, 0) is 131 Å². The summed E-state index contributed by atoms with van der Waals surface area (Å²) >= 11 is 0. The number of rotatable bonds is 12. The number of aliphatic hydroxyl groups is 1. The molecule has 0 saturated heterocycles. The van der Waals surface area contributed by atoms with Gasteiger partial charge in [0.1, 0.15) is 11.9 Å². The second-order valence-corrected chi connectivity index (χ2v) is 21.2. The van der Waals surface area contributed by atoms with Crippen LogP contribution in [0.1, 0.15) is 132 Å². The Kier molecular flexibility index (Phi) is 11.5. The number of carboxylic acids is 1. The van der Waals surface area contributed by atoms with Gasteiger partial charge in [-0.1, -0.05) is 54.0 Å². The molecule has 5 aliphatic carbocycles. The lowest BCUT2D eigenvalue weighted by atomic mass is 9.33. The molecule has 5 aliphatic rings. The van der Waals surface area contributed by atoms with E-state index in [0.717, 1.165) is 50.5 Å². The predicted octanol–water partition coefficient (Wildman–Crippen LogP) is 7.12. The van der Waals surface area contributed by atoms with Crippen molar-refractivity contribution in [1.82, 2.24) is 19.8 Å². The normalized spacial score (nSPS) is 35.2. The molecule has 0 aromatic carbocycles. The summed E-state index contributed by atoms with van der Waals surface area (Å²) in [6.07, 6.45) is 9.49. The van der Waals surface area contributed by atoms with Gasteiger partial charge in [-0.25, -0.2) is 9.97 Å². The Hall–Kier alpha value is -3.18. The Balaban J connectivity index is 1.30. The van der Waals surface area contributed by atoms with Crippen LogP contribution in [0.2, 0.25) is 0 Å². The summed E-state index contributed by atoms with van der Waals surface area (Å²) in [6.45, 7) is 19.8. The highest BCUT2D eigenvalue weighted by atomic mass is 16.5. The summed E-state index contributed by atoms with van der Waals surface area (Å²) in [5.41, 5.74) is -0.260. The van der Waals surface area contributed by atoms with Crippen LogP contribution in [0.5, 0.6) is 0 Å². The Bertz CT molecular complexity index is 1770. The summed E-state index contributed by atoms with van der Waals surface area (Å²) in [5.74, 6) is 0.00282. The average molecular weight is 791 g/mol. The number of aromatic nitrogens is 2. The van der Waals surface area contributed by atoms with E-state index in [1.54, 1.807) is 37.2 Å². The minimum Gasteiger partial charge on any atom is -0.481 e. The Morgan fingerprint density at radius 3 is 2.21 bits per heavy atom. The number of fused-ring (bicyclic) bond motifs is 7. The molecule has 11 heteroatoms. The minimum atomic E-state index is -1.19. The van der Waals surface area contributed by atoms with Gasteiger partial charge in [0.15, 0.2) is 5.78 Å². The first-order valence-corrected chi connectivity index (χ1v) is 21.5. The van der Waals surface area contributed by atoms with E-state index in [1.807, 2.05) is 19.0 Å². The zero-order valence-electron chi connectivity index (χ0n) is 36.6. The monoisotopic (exact) mass is 791 g/mol. The fourth-order valence-corrected chi connectivity index (χ4v) is 13.5. The van der Waals surface area contributed by atoms with Gasteiger partial charge < -0.3 is 24.7 Å². The maximum Gasteiger partial charge on any atom is 0.309 e. The molecule has 0 aliphatic heterocycles. The number of ketones is 1. The summed E-state index contributed by atoms with van der Waals surface area (Å²) in [6, 6.07) is 1.75. The molecule has 2 N–H and O–H groups in total. The Labute approximate surface area is 340 Å². The first-order chi connectivity index (χ1) is 26.4. The molecule has 4 saturated carbocycles. The van der Waals surface area contributed by atoms with Gasteiger partial charge >= 0.3 is 11.9 Å². The summed E-state index contributed by atoms with van der Waals surface area (Å²) in [7, 11) is 3.71. The van der Waals surface area contributed by atoms with E-state index in [4.69, 9.17) is 4.74 Å². The number of allylic oxidation sites excluding steroid dienone is 1. The number of carboxylic acid groups (broad SMARTS) is 1. The van der Waals surface area contributed by atoms with Crippen molar-refractivity contribution in [2.24, 2.45) is 56.2 Å². The first kappa shape index (κ1) is 43.4. The molecule has 1 heterocycles. The van der Waals surface area contributed by atoms with Gasteiger partial charge in [0, 0.05) is 36.2 Å². The number of aliphatic hydroxyl groups excluding tert-OH is 1. The second kappa shape index (κ2) is 15.1.